The number of hydrogen-bond donors (Lipinski definition) is 1. The summed E-state index contributed by atoms with van der Waals surface area (Å²) in [7, 11) is 0. The molecule has 0 aliphatic carbocycles. The van der Waals surface area contributed by atoms with E-state index in [4.69, 9.17) is 15.2 Å². The van der Waals surface area contributed by atoms with Gasteiger partial charge in [0.2, 0.25) is 0 Å². The minimum absolute atomic E-state index is 0.276. The second-order valence-corrected chi connectivity index (χ2v) is 4.38. The van der Waals surface area contributed by atoms with Crippen LogP contribution in [0.4, 0.5) is 5.69 Å². The molecular formula is C15H19NO4. The fraction of sp³-hybridized carbons (Fsp3) is 0.333. The summed E-state index contributed by atoms with van der Waals surface area (Å²) in [5.74, 6) is -0.807. The van der Waals surface area contributed by atoms with Gasteiger partial charge >= 0.3 is 11.9 Å². The molecule has 0 aliphatic rings. The summed E-state index contributed by atoms with van der Waals surface area (Å²) in [4.78, 5) is 22.7. The highest BCUT2D eigenvalue weighted by Crippen LogP contribution is 2.08. The van der Waals surface area contributed by atoms with Gasteiger partial charge in [-0.2, -0.15) is 0 Å². The van der Waals surface area contributed by atoms with Crippen molar-refractivity contribution in [3.8, 4) is 0 Å². The molecule has 0 aliphatic heterocycles. The topological polar surface area (TPSA) is 78.6 Å². The number of esters is 2. The lowest BCUT2D eigenvalue weighted by molar-refractivity contribution is -0.139. The molecule has 0 radical (unpaired) electrons. The molecule has 0 spiro atoms. The van der Waals surface area contributed by atoms with Crippen LogP contribution in [0.3, 0.4) is 0 Å². The first kappa shape index (κ1) is 15.8. The maximum Gasteiger partial charge on any atom is 0.338 e. The van der Waals surface area contributed by atoms with Gasteiger partial charge in [-0.15, -0.1) is 0 Å². The van der Waals surface area contributed by atoms with Crippen LogP contribution in [-0.4, -0.2) is 25.2 Å². The van der Waals surface area contributed by atoms with Gasteiger partial charge in [0.05, 0.1) is 18.8 Å². The van der Waals surface area contributed by atoms with Crippen molar-refractivity contribution in [2.75, 3.05) is 18.9 Å². The number of anilines is 1. The van der Waals surface area contributed by atoms with Crippen LogP contribution in [0.1, 0.15) is 30.1 Å². The van der Waals surface area contributed by atoms with E-state index >= 15 is 0 Å². The van der Waals surface area contributed by atoms with Crippen molar-refractivity contribution in [2.45, 2.75) is 19.8 Å². The molecule has 0 fully saturated rings. The largest absolute Gasteiger partial charge is 0.462 e. The van der Waals surface area contributed by atoms with Gasteiger partial charge in [0, 0.05) is 11.3 Å². The number of benzene rings is 1. The molecule has 20 heavy (non-hydrogen) atoms. The normalized spacial score (nSPS) is 9.85. The zero-order valence-corrected chi connectivity index (χ0v) is 11.6. The fourth-order valence-corrected chi connectivity index (χ4v) is 1.41. The van der Waals surface area contributed by atoms with E-state index in [1.54, 1.807) is 31.2 Å². The highest BCUT2D eigenvalue weighted by atomic mass is 16.5. The Hall–Kier alpha value is -2.30. The number of carbonyl (C=O) groups is 2. The first-order chi connectivity index (χ1) is 9.50. The van der Waals surface area contributed by atoms with Crippen molar-refractivity contribution >= 4 is 17.6 Å². The zero-order valence-electron chi connectivity index (χ0n) is 11.6. The first-order valence-corrected chi connectivity index (χ1v) is 6.36. The molecule has 0 amide bonds. The lowest BCUT2D eigenvalue weighted by atomic mass is 10.2. The molecule has 108 valence electrons. The number of nitrogen functional groups attached to an aromatic ring is 1. The highest BCUT2D eigenvalue weighted by molar-refractivity contribution is 5.90. The van der Waals surface area contributed by atoms with Gasteiger partial charge in [0.25, 0.3) is 0 Å². The maximum atomic E-state index is 11.7. The zero-order chi connectivity index (χ0) is 15.0. The third-order valence-corrected chi connectivity index (χ3v) is 2.48. The van der Waals surface area contributed by atoms with Crippen LogP contribution < -0.4 is 5.73 Å². The standard InChI is InChI=1S/C15H19NO4/c1-11(2)14(17)19-8-3-4-9-20-15(18)12-6-5-7-13(16)10-12/h5-7,10H,1,3-4,8-9,16H2,2H3. The second-order valence-electron chi connectivity index (χ2n) is 4.38. The molecule has 0 heterocycles. The van der Waals surface area contributed by atoms with Crippen LogP contribution in [-0.2, 0) is 14.3 Å². The minimum Gasteiger partial charge on any atom is -0.462 e. The van der Waals surface area contributed by atoms with Crippen LogP contribution in [0, 0.1) is 0 Å². The van der Waals surface area contributed by atoms with Crippen molar-refractivity contribution in [1.29, 1.82) is 0 Å². The number of unbranched alkanes of at least 4 members (excludes halogenated alkanes) is 1. The Morgan fingerprint density at radius 2 is 1.85 bits per heavy atom. The number of ether oxygens (including phenoxy) is 2. The molecular weight excluding hydrogens is 258 g/mol. The van der Waals surface area contributed by atoms with Gasteiger partial charge in [0.15, 0.2) is 0 Å². The molecule has 5 heteroatoms. The Morgan fingerprint density at radius 1 is 1.20 bits per heavy atom. The molecule has 0 saturated heterocycles. The van der Waals surface area contributed by atoms with Gasteiger partial charge < -0.3 is 15.2 Å². The van der Waals surface area contributed by atoms with E-state index in [0.717, 1.165) is 0 Å². The predicted octanol–water partition coefficient (Wildman–Crippen LogP) is 2.33. The quantitative estimate of drug-likeness (QED) is 0.358. The molecule has 5 nitrogen and oxygen atoms in total. The summed E-state index contributed by atoms with van der Waals surface area (Å²) in [6.45, 7) is 5.64. The van der Waals surface area contributed by atoms with Gasteiger partial charge in [-0.25, -0.2) is 9.59 Å². The Bertz CT molecular complexity index is 496. The molecule has 0 bridgehead atoms. The number of rotatable bonds is 7. The average molecular weight is 277 g/mol. The number of nitrogens with two attached hydrogens (primary N) is 1. The van der Waals surface area contributed by atoms with Crippen molar-refractivity contribution in [2.24, 2.45) is 0 Å². The Balaban J connectivity index is 2.17. The molecule has 0 aromatic heterocycles. The van der Waals surface area contributed by atoms with E-state index in [-0.39, 0.29) is 6.61 Å². The van der Waals surface area contributed by atoms with Crippen molar-refractivity contribution in [3.05, 3.63) is 42.0 Å². The smallest absolute Gasteiger partial charge is 0.338 e. The van der Waals surface area contributed by atoms with E-state index in [0.29, 0.717) is 36.3 Å². The first-order valence-electron chi connectivity index (χ1n) is 6.36. The second kappa shape index (κ2) is 7.99. The van der Waals surface area contributed by atoms with Crippen molar-refractivity contribution in [1.82, 2.24) is 0 Å². The van der Waals surface area contributed by atoms with Gasteiger partial charge in [-0.05, 0) is 38.0 Å². The van der Waals surface area contributed by atoms with Crippen molar-refractivity contribution < 1.29 is 19.1 Å². The van der Waals surface area contributed by atoms with Gasteiger partial charge in [-0.1, -0.05) is 12.6 Å². The predicted molar refractivity (Wildman–Crippen MR) is 76.1 cm³/mol. The minimum atomic E-state index is -0.406. The lowest BCUT2D eigenvalue weighted by Crippen LogP contribution is -2.09. The van der Waals surface area contributed by atoms with Crippen molar-refractivity contribution in [3.63, 3.8) is 0 Å². The molecule has 0 saturated carbocycles. The van der Waals surface area contributed by atoms with Gasteiger partial charge in [0.1, 0.15) is 0 Å². The third-order valence-electron chi connectivity index (χ3n) is 2.48. The van der Waals surface area contributed by atoms with Crippen LogP contribution in [0.25, 0.3) is 0 Å². The van der Waals surface area contributed by atoms with E-state index < -0.39 is 11.9 Å². The van der Waals surface area contributed by atoms with Crippen LogP contribution >= 0.6 is 0 Å². The summed E-state index contributed by atoms with van der Waals surface area (Å²) in [6, 6.07) is 6.61. The summed E-state index contributed by atoms with van der Waals surface area (Å²) < 4.78 is 10.0. The molecule has 2 N–H and O–H groups in total. The van der Waals surface area contributed by atoms with E-state index in [1.165, 1.54) is 0 Å². The monoisotopic (exact) mass is 277 g/mol. The van der Waals surface area contributed by atoms with Crippen LogP contribution in [0.2, 0.25) is 0 Å². The maximum absolute atomic E-state index is 11.7. The summed E-state index contributed by atoms with van der Waals surface area (Å²) >= 11 is 0. The number of hydrogen-bond acceptors (Lipinski definition) is 5. The lowest BCUT2D eigenvalue weighted by Gasteiger charge is -2.06. The van der Waals surface area contributed by atoms with E-state index in [1.807, 2.05) is 0 Å². The Morgan fingerprint density at radius 3 is 2.45 bits per heavy atom. The molecule has 1 rings (SSSR count). The summed E-state index contributed by atoms with van der Waals surface area (Å²) in [5.41, 5.74) is 6.90. The van der Waals surface area contributed by atoms with Crippen LogP contribution in [0.15, 0.2) is 36.4 Å². The molecule has 1 aromatic carbocycles. The molecule has 0 unspecified atom stereocenters. The molecule has 0 atom stereocenters. The average Bonchev–Trinajstić information content (AvgIpc) is 2.41. The SMILES string of the molecule is C=C(C)C(=O)OCCCCOC(=O)c1cccc(N)c1. The summed E-state index contributed by atoms with van der Waals surface area (Å²) in [5, 5.41) is 0. The molecule has 1 aromatic rings. The fourth-order valence-electron chi connectivity index (χ4n) is 1.41. The van der Waals surface area contributed by atoms with E-state index in [9.17, 15) is 9.59 Å². The van der Waals surface area contributed by atoms with Gasteiger partial charge in [-0.3, -0.25) is 0 Å². The van der Waals surface area contributed by atoms with Crippen LogP contribution in [0.5, 0.6) is 0 Å². The highest BCUT2D eigenvalue weighted by Gasteiger charge is 2.07. The summed E-state index contributed by atoms with van der Waals surface area (Å²) in [6.07, 6.45) is 1.25. The Kier molecular flexibility index (Phi) is 6.29. The Labute approximate surface area is 118 Å². The number of carbonyl (C=O) groups excluding carboxylic acids is 2. The van der Waals surface area contributed by atoms with E-state index in [2.05, 4.69) is 6.58 Å². The third kappa shape index (κ3) is 5.56.